The summed E-state index contributed by atoms with van der Waals surface area (Å²) in [7, 11) is 3.08. The predicted molar refractivity (Wildman–Crippen MR) is 212 cm³/mol. The van der Waals surface area contributed by atoms with Gasteiger partial charge in [-0.25, -0.2) is 0 Å². The molecule has 0 saturated carbocycles. The number of carbonyl (C=O) groups excluding carboxylic acids is 4. The Morgan fingerprint density at radius 1 is 0.964 bits per heavy atom. The second kappa shape index (κ2) is 16.6. The number of likely N-dealkylation sites (tertiary alicyclic amines) is 2. The molecule has 4 N–H and O–H groups in total. The van der Waals surface area contributed by atoms with Crippen LogP contribution in [0.1, 0.15) is 48.2 Å². The molecule has 4 heterocycles. The van der Waals surface area contributed by atoms with Gasteiger partial charge in [-0.3, -0.25) is 24.3 Å². The molecule has 0 aliphatic carbocycles. The summed E-state index contributed by atoms with van der Waals surface area (Å²) in [5.74, 6) is -1.03. The zero-order valence-corrected chi connectivity index (χ0v) is 32.7. The zero-order chi connectivity index (χ0) is 39.5. The summed E-state index contributed by atoms with van der Waals surface area (Å²) in [6.07, 6.45) is 3.49. The van der Waals surface area contributed by atoms with Gasteiger partial charge in [-0.1, -0.05) is 35.0 Å². The minimum atomic E-state index is -0.801. The van der Waals surface area contributed by atoms with Crippen molar-refractivity contribution in [3.8, 4) is 11.5 Å². The molecule has 56 heavy (non-hydrogen) atoms. The number of nitrogens with zero attached hydrogens (tertiary/aromatic N) is 4. The van der Waals surface area contributed by atoms with Gasteiger partial charge in [-0.2, -0.15) is 0 Å². The minimum absolute atomic E-state index is 0.0762. The number of ether oxygens (including phenoxy) is 2. The third-order valence-corrected chi connectivity index (χ3v) is 11.2. The summed E-state index contributed by atoms with van der Waals surface area (Å²) in [4.78, 5) is 62.3. The highest BCUT2D eigenvalue weighted by molar-refractivity contribution is 6.31. The molecule has 2 aromatic heterocycles. The maximum Gasteiger partial charge on any atom is 0.254 e. The molecule has 4 amide bonds. The highest BCUT2D eigenvalue weighted by atomic mass is 35.5. The van der Waals surface area contributed by atoms with Crippen LogP contribution in [0.4, 0.5) is 0 Å². The molecule has 2 aliphatic heterocycles. The number of methoxy groups -OCH3 is 1. The standard InChI is InChI=1S/C41H47ClN8O6/c1-23(2)56-35-14-11-25(15-36(35)55-4)41(54)50-20-27-19-49(37(51)16-26-18-44-34-17-28(42)12-13-29(26)34)22-31(30(27)21-50)39(52)45-33(40(53)43-3)10-6-8-24-7-5-9-32-38(24)47-48-46-32/h5,7,9,11-15,17-18,23,27,30-31,33,44H,6,8,10,16,19-22H2,1-4H3,(H,43,53)(H,45,52)(H,46,47,48)/t27?,30?,31?,33-/m0/s1. The maximum atomic E-state index is 14.4. The molecule has 4 atom stereocenters. The van der Waals surface area contributed by atoms with Crippen LogP contribution in [0.25, 0.3) is 21.9 Å². The van der Waals surface area contributed by atoms with Crippen molar-refractivity contribution in [3.05, 3.63) is 82.5 Å². The molecular weight excluding hydrogens is 736 g/mol. The lowest BCUT2D eigenvalue weighted by Crippen LogP contribution is -2.56. The highest BCUT2D eigenvalue weighted by Crippen LogP contribution is 2.38. The largest absolute Gasteiger partial charge is 0.493 e. The van der Waals surface area contributed by atoms with E-state index in [1.807, 2.05) is 50.4 Å². The fourth-order valence-corrected chi connectivity index (χ4v) is 8.36. The van der Waals surface area contributed by atoms with Gasteiger partial charge in [0.2, 0.25) is 17.7 Å². The first-order valence-electron chi connectivity index (χ1n) is 19.0. The lowest BCUT2D eigenvalue weighted by atomic mass is 9.79. The average Bonchev–Trinajstić information content (AvgIpc) is 3.95. The van der Waals surface area contributed by atoms with Crippen LogP contribution in [-0.4, -0.2) is 106 Å². The highest BCUT2D eigenvalue weighted by Gasteiger charge is 2.48. The van der Waals surface area contributed by atoms with Crippen molar-refractivity contribution in [1.82, 2.24) is 40.8 Å². The van der Waals surface area contributed by atoms with Crippen molar-refractivity contribution in [2.75, 3.05) is 40.3 Å². The molecule has 2 aliphatic rings. The van der Waals surface area contributed by atoms with Gasteiger partial charge in [0.15, 0.2) is 11.5 Å². The molecule has 2 fully saturated rings. The number of aromatic amines is 2. The second-order valence-corrected chi connectivity index (χ2v) is 15.4. The van der Waals surface area contributed by atoms with E-state index >= 15 is 0 Å². The van der Waals surface area contributed by atoms with E-state index < -0.39 is 12.0 Å². The molecule has 0 radical (unpaired) electrons. The Balaban J connectivity index is 1.10. The van der Waals surface area contributed by atoms with Crippen LogP contribution < -0.4 is 20.1 Å². The Kier molecular flexibility index (Phi) is 11.5. The van der Waals surface area contributed by atoms with E-state index in [4.69, 9.17) is 21.1 Å². The number of hydrogen-bond acceptors (Lipinski definition) is 8. The Morgan fingerprint density at radius 3 is 2.57 bits per heavy atom. The first-order valence-corrected chi connectivity index (χ1v) is 19.4. The number of H-pyrrole nitrogens is 2. The van der Waals surface area contributed by atoms with Gasteiger partial charge in [0.1, 0.15) is 11.6 Å². The van der Waals surface area contributed by atoms with Gasteiger partial charge in [-0.05, 0) is 92.5 Å². The summed E-state index contributed by atoms with van der Waals surface area (Å²) in [6, 6.07) is 15.6. The normalized spacial score (nSPS) is 18.6. The van der Waals surface area contributed by atoms with Gasteiger partial charge < -0.3 is 34.9 Å². The van der Waals surface area contributed by atoms with Crippen molar-refractivity contribution in [2.24, 2.45) is 17.8 Å². The lowest BCUT2D eigenvalue weighted by molar-refractivity contribution is -0.140. The zero-order valence-electron chi connectivity index (χ0n) is 31.9. The van der Waals surface area contributed by atoms with Crippen molar-refractivity contribution in [2.45, 2.75) is 51.7 Å². The first kappa shape index (κ1) is 38.6. The van der Waals surface area contributed by atoms with Gasteiger partial charge in [0, 0.05) is 60.9 Å². The van der Waals surface area contributed by atoms with E-state index in [0.717, 1.165) is 33.1 Å². The number of aromatic nitrogens is 4. The predicted octanol–water partition coefficient (Wildman–Crippen LogP) is 4.53. The Morgan fingerprint density at radius 2 is 1.79 bits per heavy atom. The van der Waals surface area contributed by atoms with Gasteiger partial charge in [0.05, 0.1) is 31.1 Å². The van der Waals surface area contributed by atoms with Gasteiger partial charge in [0.25, 0.3) is 5.91 Å². The second-order valence-electron chi connectivity index (χ2n) is 14.9. The Bertz CT molecular complexity index is 2250. The Hall–Kier alpha value is -5.63. The summed E-state index contributed by atoms with van der Waals surface area (Å²) >= 11 is 6.20. The molecular formula is C41H47ClN8O6. The van der Waals surface area contributed by atoms with E-state index in [9.17, 15) is 19.2 Å². The van der Waals surface area contributed by atoms with Crippen molar-refractivity contribution < 1.29 is 28.7 Å². The monoisotopic (exact) mass is 782 g/mol. The third kappa shape index (κ3) is 8.15. The molecule has 2 saturated heterocycles. The molecule has 3 unspecified atom stereocenters. The number of nitrogens with one attached hydrogen (secondary N) is 4. The number of rotatable bonds is 13. The molecule has 15 heteroatoms. The molecule has 5 aromatic rings. The number of hydrogen-bond donors (Lipinski definition) is 4. The van der Waals surface area contributed by atoms with E-state index in [-0.39, 0.29) is 54.5 Å². The number of fused-ring (bicyclic) bond motifs is 3. The van der Waals surface area contributed by atoms with Gasteiger partial charge >= 0.3 is 0 Å². The smallest absolute Gasteiger partial charge is 0.254 e. The summed E-state index contributed by atoms with van der Waals surface area (Å²) in [5, 5.41) is 18.2. The fraction of sp³-hybridized carbons (Fsp3) is 0.415. The number of likely N-dealkylation sites (N-methyl/N-ethyl adjacent to an activating group) is 1. The maximum absolute atomic E-state index is 14.4. The van der Waals surface area contributed by atoms with Crippen LogP contribution in [0.15, 0.2) is 60.8 Å². The van der Waals surface area contributed by atoms with Crippen LogP contribution in [0.3, 0.4) is 0 Å². The van der Waals surface area contributed by atoms with Crippen LogP contribution >= 0.6 is 11.6 Å². The topological polar surface area (TPSA) is 175 Å². The van der Waals surface area contributed by atoms with Crippen LogP contribution in [0.5, 0.6) is 11.5 Å². The fourth-order valence-electron chi connectivity index (χ4n) is 8.19. The minimum Gasteiger partial charge on any atom is -0.493 e. The molecule has 7 rings (SSSR count). The van der Waals surface area contributed by atoms with Gasteiger partial charge in [-0.15, -0.1) is 5.10 Å². The van der Waals surface area contributed by atoms with Crippen LogP contribution in [-0.2, 0) is 27.2 Å². The van der Waals surface area contributed by atoms with Crippen LogP contribution in [0.2, 0.25) is 5.02 Å². The van der Waals surface area contributed by atoms with E-state index in [2.05, 4.69) is 31.0 Å². The molecule has 0 bridgehead atoms. The number of aryl methyl sites for hydroxylation is 1. The average molecular weight is 783 g/mol. The number of piperidine rings is 1. The van der Waals surface area contributed by atoms with E-state index in [1.54, 1.807) is 41.1 Å². The van der Waals surface area contributed by atoms with Crippen LogP contribution in [0, 0.1) is 17.8 Å². The third-order valence-electron chi connectivity index (χ3n) is 11.0. The Labute approximate surface area is 329 Å². The lowest BCUT2D eigenvalue weighted by Gasteiger charge is -2.40. The van der Waals surface area contributed by atoms with Crippen molar-refractivity contribution >= 4 is 57.2 Å². The quantitative estimate of drug-likeness (QED) is 0.135. The number of carbonyl (C=O) groups is 4. The molecule has 0 spiro atoms. The molecule has 3 aromatic carbocycles. The summed E-state index contributed by atoms with van der Waals surface area (Å²) in [6.45, 7) is 5.07. The van der Waals surface area contributed by atoms with Crippen molar-refractivity contribution in [1.29, 1.82) is 0 Å². The summed E-state index contributed by atoms with van der Waals surface area (Å²) in [5.41, 5.74) is 4.70. The SMILES string of the molecule is CNC(=O)[C@H](CCCc1cccc2[nH]nnc12)NC(=O)C1CN(C(=O)Cc2c[nH]c3cc(Cl)ccc23)CC2CN(C(=O)c3ccc(OC(C)C)c(OC)c3)CC21. The molecule has 14 nitrogen and oxygen atoms in total. The van der Waals surface area contributed by atoms with Crippen molar-refractivity contribution in [3.63, 3.8) is 0 Å². The number of benzene rings is 3. The molecule has 294 valence electrons. The summed E-state index contributed by atoms with van der Waals surface area (Å²) < 4.78 is 11.4. The van der Waals surface area contributed by atoms with E-state index in [1.165, 1.54) is 7.11 Å². The number of halogens is 1. The first-order chi connectivity index (χ1) is 27.0. The van der Waals surface area contributed by atoms with E-state index in [0.29, 0.717) is 61.0 Å². The number of amides is 4.